The first-order chi connectivity index (χ1) is 6.50. The number of amides is 1. The maximum Gasteiger partial charge on any atom is 0.371 e. The Labute approximate surface area is 83.6 Å². The number of carbonyl (C=O) groups is 2. The Morgan fingerprint density at radius 1 is 1.64 bits per heavy atom. The molecule has 0 spiro atoms. The maximum atomic E-state index is 11.0. The number of hydrogen-bond acceptors (Lipinski definition) is 3. The smallest absolute Gasteiger partial charge is 0.371 e. The lowest BCUT2D eigenvalue weighted by Gasteiger charge is -1.97. The number of aromatic nitrogens is 2. The van der Waals surface area contributed by atoms with E-state index in [9.17, 15) is 9.59 Å². The van der Waals surface area contributed by atoms with Gasteiger partial charge < -0.3 is 15.4 Å². The molecule has 0 unspecified atom stereocenters. The molecule has 1 aromatic rings. The van der Waals surface area contributed by atoms with Gasteiger partial charge in [0.25, 0.3) is 5.91 Å². The van der Waals surface area contributed by atoms with E-state index in [1.165, 1.54) is 6.20 Å². The highest BCUT2D eigenvalue weighted by Gasteiger charge is 2.10. The highest BCUT2D eigenvalue weighted by atomic mass is 35.5. The zero-order valence-electron chi connectivity index (χ0n) is 6.87. The molecule has 14 heavy (non-hydrogen) atoms. The molecule has 74 valence electrons. The van der Waals surface area contributed by atoms with Gasteiger partial charge in [0.1, 0.15) is 5.82 Å². The van der Waals surface area contributed by atoms with Gasteiger partial charge in [0.2, 0.25) is 5.82 Å². The van der Waals surface area contributed by atoms with Crippen molar-refractivity contribution in [2.75, 3.05) is 5.32 Å². The quantitative estimate of drug-likeness (QED) is 0.650. The minimum atomic E-state index is -1.21. The number of aromatic amines is 1. The van der Waals surface area contributed by atoms with Crippen LogP contribution in [0.2, 0.25) is 0 Å². The fraction of sp³-hybridized carbons (Fsp3) is 0. The van der Waals surface area contributed by atoms with Crippen molar-refractivity contribution < 1.29 is 14.7 Å². The Morgan fingerprint density at radius 3 is 2.71 bits per heavy atom. The summed E-state index contributed by atoms with van der Waals surface area (Å²) in [6.45, 7) is 3.20. The van der Waals surface area contributed by atoms with Crippen LogP contribution in [0.5, 0.6) is 0 Å². The van der Waals surface area contributed by atoms with Crippen molar-refractivity contribution in [1.29, 1.82) is 0 Å². The Bertz CT molecular complexity index is 399. The highest BCUT2D eigenvalue weighted by molar-refractivity contribution is 6.43. The number of rotatable bonds is 3. The summed E-state index contributed by atoms with van der Waals surface area (Å²) in [6.07, 6.45) is 1.17. The Morgan fingerprint density at radius 2 is 2.29 bits per heavy atom. The van der Waals surface area contributed by atoms with Crippen LogP contribution in [0.3, 0.4) is 0 Å². The molecule has 0 saturated heterocycles. The van der Waals surface area contributed by atoms with Crippen molar-refractivity contribution in [1.82, 2.24) is 9.97 Å². The van der Waals surface area contributed by atoms with Crippen LogP contribution in [0.15, 0.2) is 17.8 Å². The summed E-state index contributed by atoms with van der Waals surface area (Å²) < 4.78 is 0. The summed E-state index contributed by atoms with van der Waals surface area (Å²) in [5.74, 6) is -1.95. The molecule has 0 saturated carbocycles. The van der Waals surface area contributed by atoms with Crippen molar-refractivity contribution in [2.45, 2.75) is 0 Å². The van der Waals surface area contributed by atoms with Crippen LogP contribution < -0.4 is 5.32 Å². The van der Waals surface area contributed by atoms with Crippen molar-refractivity contribution >= 4 is 29.3 Å². The van der Waals surface area contributed by atoms with E-state index in [0.29, 0.717) is 0 Å². The van der Waals surface area contributed by atoms with E-state index in [0.717, 1.165) is 0 Å². The number of anilines is 1. The number of carboxylic acids is 1. The first kappa shape index (κ1) is 10.3. The van der Waals surface area contributed by atoms with Gasteiger partial charge in [0.15, 0.2) is 0 Å². The maximum absolute atomic E-state index is 11.0. The lowest BCUT2D eigenvalue weighted by Crippen LogP contribution is -2.11. The largest absolute Gasteiger partial charge is 0.475 e. The number of carboxylic acid groups (broad SMARTS) is 1. The van der Waals surface area contributed by atoms with Gasteiger partial charge >= 0.3 is 5.97 Å². The minimum Gasteiger partial charge on any atom is -0.475 e. The third kappa shape index (κ3) is 2.33. The number of nitrogens with one attached hydrogen (secondary N) is 2. The van der Waals surface area contributed by atoms with Gasteiger partial charge in [-0.15, -0.1) is 0 Å². The molecule has 0 aliphatic heterocycles. The summed E-state index contributed by atoms with van der Waals surface area (Å²) in [7, 11) is 0. The van der Waals surface area contributed by atoms with E-state index < -0.39 is 11.9 Å². The first-order valence-electron chi connectivity index (χ1n) is 3.44. The number of aromatic carboxylic acids is 1. The molecule has 0 aliphatic rings. The molecule has 0 radical (unpaired) electrons. The van der Waals surface area contributed by atoms with E-state index in [2.05, 4.69) is 21.9 Å². The third-order valence-corrected chi connectivity index (χ3v) is 1.44. The third-order valence-electron chi connectivity index (χ3n) is 1.27. The number of hydrogen-bond donors (Lipinski definition) is 3. The van der Waals surface area contributed by atoms with Crippen LogP contribution >= 0.6 is 11.6 Å². The molecule has 7 heteroatoms. The monoisotopic (exact) mass is 215 g/mol. The standard InChI is InChI=1S/C7H6ClN3O3/c1-3(8)6(12)11-4-2-9-5(10-4)7(13)14/h2H,1H2,(H,9,10)(H,11,12)(H,13,14). The Balaban J connectivity index is 2.74. The molecule has 0 aromatic carbocycles. The summed E-state index contributed by atoms with van der Waals surface area (Å²) in [4.78, 5) is 27.2. The molecular weight excluding hydrogens is 210 g/mol. The van der Waals surface area contributed by atoms with Crippen LogP contribution in [0.25, 0.3) is 0 Å². The minimum absolute atomic E-state index is 0.147. The summed E-state index contributed by atoms with van der Waals surface area (Å²) >= 11 is 5.29. The van der Waals surface area contributed by atoms with Gasteiger partial charge in [-0.1, -0.05) is 18.2 Å². The molecule has 6 nitrogen and oxygen atoms in total. The average molecular weight is 216 g/mol. The number of imidazole rings is 1. The number of H-pyrrole nitrogens is 1. The second kappa shape index (κ2) is 3.93. The van der Waals surface area contributed by atoms with E-state index in [-0.39, 0.29) is 16.7 Å². The average Bonchev–Trinajstić information content (AvgIpc) is 2.52. The van der Waals surface area contributed by atoms with Crippen molar-refractivity contribution in [2.24, 2.45) is 0 Å². The molecule has 0 fully saturated rings. The van der Waals surface area contributed by atoms with Crippen molar-refractivity contribution in [3.63, 3.8) is 0 Å². The van der Waals surface area contributed by atoms with Crippen LogP contribution in [0.4, 0.5) is 5.82 Å². The molecule has 1 aromatic heterocycles. The van der Waals surface area contributed by atoms with Gasteiger partial charge in [-0.25, -0.2) is 9.78 Å². The van der Waals surface area contributed by atoms with Crippen LogP contribution in [0, 0.1) is 0 Å². The molecule has 1 heterocycles. The molecule has 3 N–H and O–H groups in total. The molecule has 0 aliphatic carbocycles. The molecule has 0 bridgehead atoms. The molecule has 0 atom stereocenters. The normalized spacial score (nSPS) is 9.50. The fourth-order valence-electron chi connectivity index (χ4n) is 0.684. The van der Waals surface area contributed by atoms with Crippen LogP contribution in [-0.4, -0.2) is 27.0 Å². The highest BCUT2D eigenvalue weighted by Crippen LogP contribution is 2.06. The topological polar surface area (TPSA) is 95.1 Å². The van der Waals surface area contributed by atoms with E-state index >= 15 is 0 Å². The fourth-order valence-corrected chi connectivity index (χ4v) is 0.731. The molecule has 1 rings (SSSR count). The van der Waals surface area contributed by atoms with E-state index in [1.807, 2.05) is 0 Å². The zero-order chi connectivity index (χ0) is 10.7. The second-order valence-electron chi connectivity index (χ2n) is 2.31. The van der Waals surface area contributed by atoms with Crippen molar-refractivity contribution in [3.8, 4) is 0 Å². The lowest BCUT2D eigenvalue weighted by atomic mass is 10.5. The molecule has 1 amide bonds. The van der Waals surface area contributed by atoms with Gasteiger partial charge in [-0.05, 0) is 0 Å². The Hall–Kier alpha value is -1.82. The number of carbonyl (C=O) groups excluding carboxylic acids is 1. The predicted octanol–water partition coefficient (Wildman–Crippen LogP) is 0.799. The second-order valence-corrected chi connectivity index (χ2v) is 2.77. The lowest BCUT2D eigenvalue weighted by molar-refractivity contribution is -0.112. The summed E-state index contributed by atoms with van der Waals surface area (Å²) in [5, 5.41) is 10.6. The SMILES string of the molecule is C=C(Cl)C(=O)Nc1cnc(C(=O)O)[nH]1. The van der Waals surface area contributed by atoms with E-state index in [1.54, 1.807) is 0 Å². The van der Waals surface area contributed by atoms with E-state index in [4.69, 9.17) is 16.7 Å². The number of halogens is 1. The van der Waals surface area contributed by atoms with Gasteiger partial charge in [-0.2, -0.15) is 0 Å². The van der Waals surface area contributed by atoms with Gasteiger partial charge in [-0.3, -0.25) is 4.79 Å². The summed E-state index contributed by atoms with van der Waals surface area (Å²) in [6, 6.07) is 0. The Kier molecular flexibility index (Phi) is 2.88. The molecular formula is C7H6ClN3O3. The van der Waals surface area contributed by atoms with Gasteiger partial charge in [0.05, 0.1) is 11.2 Å². The van der Waals surface area contributed by atoms with Crippen LogP contribution in [0.1, 0.15) is 10.6 Å². The first-order valence-corrected chi connectivity index (χ1v) is 3.82. The van der Waals surface area contributed by atoms with Crippen molar-refractivity contribution in [3.05, 3.63) is 23.6 Å². The van der Waals surface area contributed by atoms with Crippen LogP contribution in [-0.2, 0) is 4.79 Å². The zero-order valence-corrected chi connectivity index (χ0v) is 7.63. The van der Waals surface area contributed by atoms with Gasteiger partial charge in [0, 0.05) is 0 Å². The number of nitrogens with zero attached hydrogens (tertiary/aromatic N) is 1. The summed E-state index contributed by atoms with van der Waals surface area (Å²) in [5.41, 5.74) is 0. The predicted molar refractivity (Wildman–Crippen MR) is 49.2 cm³/mol.